The van der Waals surface area contributed by atoms with Crippen LogP contribution in [0.4, 0.5) is 0 Å². The van der Waals surface area contributed by atoms with E-state index in [0.29, 0.717) is 17.0 Å². The van der Waals surface area contributed by atoms with Gasteiger partial charge in [0.15, 0.2) is 0 Å². The topological polar surface area (TPSA) is 25.8 Å². The van der Waals surface area contributed by atoms with Gasteiger partial charge in [-0.1, -0.05) is 18.0 Å². The Kier molecular flexibility index (Phi) is 1.98. The van der Waals surface area contributed by atoms with Crippen LogP contribution in [0.2, 0.25) is 5.15 Å². The Balaban J connectivity index is 1.93. The fourth-order valence-corrected chi connectivity index (χ4v) is 2.09. The van der Waals surface area contributed by atoms with Crippen LogP contribution in [0.1, 0.15) is 55.5 Å². The fraction of sp³-hybridized carbons (Fsp3) is 0.636. The molecule has 1 heterocycles. The zero-order chi connectivity index (χ0) is 9.54. The lowest BCUT2D eigenvalue weighted by atomic mass is 9.83. The zero-order valence-electron chi connectivity index (χ0n) is 8.04. The van der Waals surface area contributed by atoms with Crippen molar-refractivity contribution >= 4 is 11.6 Å². The third-order valence-electron chi connectivity index (χ3n) is 3.20. The molecule has 2 aliphatic rings. The third kappa shape index (κ3) is 1.52. The molecule has 2 aliphatic carbocycles. The Morgan fingerprint density at radius 2 is 1.86 bits per heavy atom. The summed E-state index contributed by atoms with van der Waals surface area (Å²) in [5, 5.41) is 0.629. The minimum Gasteiger partial charge on any atom is -0.237 e. The lowest BCUT2D eigenvalue weighted by Gasteiger charge is -2.24. The maximum atomic E-state index is 6.00. The largest absolute Gasteiger partial charge is 0.237 e. The van der Waals surface area contributed by atoms with Crippen molar-refractivity contribution in [2.24, 2.45) is 0 Å². The van der Waals surface area contributed by atoms with Gasteiger partial charge < -0.3 is 0 Å². The smallest absolute Gasteiger partial charge is 0.133 e. The van der Waals surface area contributed by atoms with Gasteiger partial charge in [-0.25, -0.2) is 9.97 Å². The molecule has 0 atom stereocenters. The number of rotatable bonds is 2. The van der Waals surface area contributed by atoms with Gasteiger partial charge in [-0.2, -0.15) is 0 Å². The molecule has 0 saturated heterocycles. The van der Waals surface area contributed by atoms with Crippen molar-refractivity contribution in [3.05, 3.63) is 22.7 Å². The number of nitrogens with zero attached hydrogens (tertiary/aromatic N) is 2. The summed E-state index contributed by atoms with van der Waals surface area (Å²) in [5.41, 5.74) is 1.18. The highest BCUT2D eigenvalue weighted by atomic mass is 35.5. The average molecular weight is 209 g/mol. The molecule has 0 radical (unpaired) electrons. The second kappa shape index (κ2) is 3.20. The van der Waals surface area contributed by atoms with E-state index in [-0.39, 0.29) is 0 Å². The van der Waals surface area contributed by atoms with Gasteiger partial charge in [0.2, 0.25) is 0 Å². The summed E-state index contributed by atoms with van der Waals surface area (Å²) in [6, 6.07) is 1.94. The fourth-order valence-electron chi connectivity index (χ4n) is 1.89. The van der Waals surface area contributed by atoms with Crippen LogP contribution in [-0.4, -0.2) is 9.97 Å². The highest BCUT2D eigenvalue weighted by Crippen LogP contribution is 2.41. The van der Waals surface area contributed by atoms with E-state index in [1.54, 1.807) is 0 Å². The van der Waals surface area contributed by atoms with Crippen molar-refractivity contribution in [1.29, 1.82) is 0 Å². The maximum absolute atomic E-state index is 6.00. The molecule has 2 nitrogen and oxygen atoms in total. The molecule has 3 heteroatoms. The first-order chi connectivity index (χ1) is 6.83. The molecular weight excluding hydrogens is 196 g/mol. The summed E-state index contributed by atoms with van der Waals surface area (Å²) in [6.45, 7) is 0. The number of hydrogen-bond acceptors (Lipinski definition) is 2. The Labute approximate surface area is 88.7 Å². The van der Waals surface area contributed by atoms with E-state index in [9.17, 15) is 0 Å². The van der Waals surface area contributed by atoms with E-state index in [4.69, 9.17) is 11.6 Å². The van der Waals surface area contributed by atoms with Crippen LogP contribution in [0.25, 0.3) is 0 Å². The second-order valence-electron chi connectivity index (χ2n) is 4.38. The van der Waals surface area contributed by atoms with E-state index >= 15 is 0 Å². The van der Waals surface area contributed by atoms with E-state index in [2.05, 4.69) is 9.97 Å². The van der Waals surface area contributed by atoms with Crippen molar-refractivity contribution < 1.29 is 0 Å². The normalized spacial score (nSPS) is 22.1. The van der Waals surface area contributed by atoms with Crippen molar-refractivity contribution in [3.63, 3.8) is 0 Å². The molecule has 0 bridgehead atoms. The molecule has 1 aromatic rings. The van der Waals surface area contributed by atoms with Crippen molar-refractivity contribution in [1.82, 2.24) is 9.97 Å². The van der Waals surface area contributed by atoms with Gasteiger partial charge in [-0.05, 0) is 31.7 Å². The van der Waals surface area contributed by atoms with E-state index in [1.165, 1.54) is 37.8 Å². The highest BCUT2D eigenvalue weighted by Gasteiger charge is 2.29. The lowest BCUT2D eigenvalue weighted by Crippen LogP contribution is -2.12. The van der Waals surface area contributed by atoms with Crippen LogP contribution in [0.3, 0.4) is 0 Å². The molecule has 0 N–H and O–H groups in total. The molecule has 3 rings (SSSR count). The monoisotopic (exact) mass is 208 g/mol. The number of aromatic nitrogens is 2. The van der Waals surface area contributed by atoms with Gasteiger partial charge in [-0.3, -0.25) is 0 Å². The standard InChI is InChI=1S/C11H13ClN2/c12-10-6-9(7-2-1-3-7)13-11(14-10)8-4-5-8/h6-8H,1-5H2. The van der Waals surface area contributed by atoms with E-state index < -0.39 is 0 Å². The third-order valence-corrected chi connectivity index (χ3v) is 3.39. The van der Waals surface area contributed by atoms with Gasteiger partial charge >= 0.3 is 0 Å². The summed E-state index contributed by atoms with van der Waals surface area (Å²) in [6.07, 6.45) is 6.37. The molecule has 1 aromatic heterocycles. The van der Waals surface area contributed by atoms with Gasteiger partial charge in [-0.15, -0.1) is 0 Å². The lowest BCUT2D eigenvalue weighted by molar-refractivity contribution is 0.409. The van der Waals surface area contributed by atoms with Crippen LogP contribution >= 0.6 is 11.6 Å². The van der Waals surface area contributed by atoms with Crippen LogP contribution in [0.5, 0.6) is 0 Å². The van der Waals surface area contributed by atoms with E-state index in [0.717, 1.165) is 5.82 Å². The summed E-state index contributed by atoms with van der Waals surface area (Å²) < 4.78 is 0. The van der Waals surface area contributed by atoms with Crippen LogP contribution in [0.15, 0.2) is 6.07 Å². The Hall–Kier alpha value is -0.630. The first-order valence-corrected chi connectivity index (χ1v) is 5.75. The van der Waals surface area contributed by atoms with Crippen molar-refractivity contribution in [2.75, 3.05) is 0 Å². The molecule has 0 aromatic carbocycles. The summed E-state index contributed by atoms with van der Waals surface area (Å²) in [4.78, 5) is 8.91. The summed E-state index contributed by atoms with van der Waals surface area (Å²) >= 11 is 6.00. The van der Waals surface area contributed by atoms with Crippen molar-refractivity contribution in [3.8, 4) is 0 Å². The molecule has 74 valence electrons. The summed E-state index contributed by atoms with van der Waals surface area (Å²) in [7, 11) is 0. The van der Waals surface area contributed by atoms with Crippen LogP contribution < -0.4 is 0 Å². The second-order valence-corrected chi connectivity index (χ2v) is 4.76. The zero-order valence-corrected chi connectivity index (χ0v) is 8.80. The Bertz CT molecular complexity index is 356. The molecular formula is C11H13ClN2. The first kappa shape index (κ1) is 8.66. The number of halogens is 1. The van der Waals surface area contributed by atoms with Gasteiger partial charge in [0.1, 0.15) is 11.0 Å². The van der Waals surface area contributed by atoms with Crippen LogP contribution in [0, 0.1) is 0 Å². The molecule has 14 heavy (non-hydrogen) atoms. The Morgan fingerprint density at radius 3 is 2.43 bits per heavy atom. The summed E-state index contributed by atoms with van der Waals surface area (Å²) in [5.74, 6) is 2.25. The van der Waals surface area contributed by atoms with Crippen LogP contribution in [-0.2, 0) is 0 Å². The molecule has 2 saturated carbocycles. The average Bonchev–Trinajstić information content (AvgIpc) is 2.80. The minimum atomic E-state index is 0.604. The quantitative estimate of drug-likeness (QED) is 0.698. The molecule has 0 unspecified atom stereocenters. The predicted molar refractivity (Wildman–Crippen MR) is 55.6 cm³/mol. The van der Waals surface area contributed by atoms with Gasteiger partial charge in [0.25, 0.3) is 0 Å². The number of hydrogen-bond donors (Lipinski definition) is 0. The predicted octanol–water partition coefficient (Wildman–Crippen LogP) is 3.27. The SMILES string of the molecule is Clc1cc(C2CCC2)nc(C2CC2)n1. The molecule has 0 aliphatic heterocycles. The molecule has 0 amide bonds. The van der Waals surface area contributed by atoms with Crippen molar-refractivity contribution in [2.45, 2.75) is 43.9 Å². The maximum Gasteiger partial charge on any atom is 0.133 e. The minimum absolute atomic E-state index is 0.604. The molecule has 2 fully saturated rings. The van der Waals surface area contributed by atoms with Gasteiger partial charge in [0.05, 0.1) is 0 Å². The first-order valence-electron chi connectivity index (χ1n) is 5.37. The highest BCUT2D eigenvalue weighted by molar-refractivity contribution is 6.29. The molecule has 0 spiro atoms. The Morgan fingerprint density at radius 1 is 1.07 bits per heavy atom. The van der Waals surface area contributed by atoms with E-state index in [1.807, 2.05) is 6.07 Å². The van der Waals surface area contributed by atoms with Gasteiger partial charge in [0, 0.05) is 17.5 Å².